The van der Waals surface area contributed by atoms with Gasteiger partial charge in [0.05, 0.1) is 17.9 Å². The lowest BCUT2D eigenvalue weighted by molar-refractivity contribution is -0.120. The molecule has 1 aliphatic rings. The molecule has 0 radical (unpaired) electrons. The lowest BCUT2D eigenvalue weighted by Gasteiger charge is -2.35. The molecule has 5 heterocycles. The van der Waals surface area contributed by atoms with Crippen molar-refractivity contribution in [2.24, 2.45) is 0 Å². The van der Waals surface area contributed by atoms with Crippen molar-refractivity contribution in [1.29, 1.82) is 0 Å². The van der Waals surface area contributed by atoms with Crippen LogP contribution in [0.15, 0.2) is 41.2 Å². The summed E-state index contributed by atoms with van der Waals surface area (Å²) in [5.41, 5.74) is 3.47. The second kappa shape index (κ2) is 9.90. The summed E-state index contributed by atoms with van der Waals surface area (Å²) in [6, 6.07) is 4.62. The maximum Gasteiger partial charge on any atom is 0.262 e. The molecule has 40 heavy (non-hydrogen) atoms. The third-order valence-corrected chi connectivity index (χ3v) is 7.89. The summed E-state index contributed by atoms with van der Waals surface area (Å²) in [5.74, 6) is -1.51. The first-order chi connectivity index (χ1) is 19.3. The van der Waals surface area contributed by atoms with E-state index in [1.54, 1.807) is 10.8 Å². The zero-order chi connectivity index (χ0) is 28.1. The molecule has 10 nitrogen and oxygen atoms in total. The zero-order valence-electron chi connectivity index (χ0n) is 21.7. The van der Waals surface area contributed by atoms with E-state index in [2.05, 4.69) is 15.5 Å². The predicted molar refractivity (Wildman–Crippen MR) is 143 cm³/mol. The van der Waals surface area contributed by atoms with E-state index < -0.39 is 17.7 Å². The average molecular weight is 564 g/mol. The number of aryl methyl sites for hydroxylation is 2. The number of nitrogens with zero attached hydrogens (tertiary/aromatic N) is 6. The van der Waals surface area contributed by atoms with E-state index in [1.807, 2.05) is 19.9 Å². The van der Waals surface area contributed by atoms with E-state index >= 15 is 0 Å². The Morgan fingerprint density at radius 2 is 1.98 bits per heavy atom. The number of anilines is 1. The van der Waals surface area contributed by atoms with Crippen LogP contribution >= 0.6 is 11.3 Å². The summed E-state index contributed by atoms with van der Waals surface area (Å²) in [6.07, 6.45) is 4.49. The number of imidazole rings is 1. The first-order valence-corrected chi connectivity index (χ1v) is 13.4. The van der Waals surface area contributed by atoms with Crippen molar-refractivity contribution in [3.05, 3.63) is 70.4 Å². The van der Waals surface area contributed by atoms with Crippen molar-refractivity contribution >= 4 is 40.0 Å². The first-order valence-electron chi connectivity index (χ1n) is 12.5. The van der Waals surface area contributed by atoms with Crippen LogP contribution in [-0.4, -0.2) is 43.5 Å². The van der Waals surface area contributed by atoms with Gasteiger partial charge in [-0.2, -0.15) is 0 Å². The highest BCUT2D eigenvalue weighted by Crippen LogP contribution is 2.39. The number of benzene rings is 1. The molecule has 1 atom stereocenters. The molecule has 1 aliphatic heterocycles. The third-order valence-electron chi connectivity index (χ3n) is 6.91. The van der Waals surface area contributed by atoms with Gasteiger partial charge in [-0.3, -0.25) is 14.2 Å². The minimum atomic E-state index is -1.05. The van der Waals surface area contributed by atoms with Gasteiger partial charge < -0.3 is 14.7 Å². The molecular formula is C27H23F2N7O3S. The van der Waals surface area contributed by atoms with Crippen molar-refractivity contribution in [3.63, 3.8) is 0 Å². The van der Waals surface area contributed by atoms with Crippen LogP contribution in [0.25, 0.3) is 27.4 Å². The Balaban J connectivity index is 1.56. The first kappa shape index (κ1) is 25.7. The largest absolute Gasteiger partial charge is 0.361 e. The lowest BCUT2D eigenvalue weighted by atomic mass is 9.99. The van der Waals surface area contributed by atoms with Crippen LogP contribution in [-0.2, 0) is 4.79 Å². The third kappa shape index (κ3) is 4.22. The fourth-order valence-corrected chi connectivity index (χ4v) is 5.97. The number of pyridine rings is 1. The van der Waals surface area contributed by atoms with Gasteiger partial charge in [-0.25, -0.2) is 23.7 Å². The summed E-state index contributed by atoms with van der Waals surface area (Å²) in [7, 11) is 1.53. The number of rotatable bonds is 5. The van der Waals surface area contributed by atoms with Gasteiger partial charge in [0.1, 0.15) is 22.0 Å². The van der Waals surface area contributed by atoms with E-state index in [-0.39, 0.29) is 23.9 Å². The molecule has 1 aromatic carbocycles. The van der Waals surface area contributed by atoms with Crippen molar-refractivity contribution in [2.75, 3.05) is 11.9 Å². The summed E-state index contributed by atoms with van der Waals surface area (Å²) >= 11 is 1.15. The number of nitrogens with one attached hydrogen (secondary N) is 1. The van der Waals surface area contributed by atoms with Gasteiger partial charge in [0, 0.05) is 42.5 Å². The fourth-order valence-electron chi connectivity index (χ4n) is 5.10. The second-order valence-corrected chi connectivity index (χ2v) is 10.4. The Kier molecular flexibility index (Phi) is 6.37. The number of aromatic nitrogens is 5. The highest BCUT2D eigenvalue weighted by molar-refractivity contribution is 7.16. The van der Waals surface area contributed by atoms with Crippen LogP contribution in [0.5, 0.6) is 0 Å². The molecule has 1 fully saturated rings. The molecule has 204 valence electrons. The molecule has 2 amide bonds. The number of amides is 2. The molecule has 6 rings (SSSR count). The van der Waals surface area contributed by atoms with Crippen molar-refractivity contribution in [3.8, 4) is 16.3 Å². The van der Waals surface area contributed by atoms with E-state index in [0.717, 1.165) is 34.6 Å². The predicted octanol–water partition coefficient (Wildman–Crippen LogP) is 5.04. The topological polar surface area (TPSA) is 119 Å². The molecule has 13 heteroatoms. The van der Waals surface area contributed by atoms with Crippen molar-refractivity contribution in [1.82, 2.24) is 30.0 Å². The zero-order valence-corrected chi connectivity index (χ0v) is 22.6. The van der Waals surface area contributed by atoms with Crippen molar-refractivity contribution < 1.29 is 22.9 Å². The van der Waals surface area contributed by atoms with Gasteiger partial charge in [0.25, 0.3) is 5.91 Å². The molecular weight excluding hydrogens is 540 g/mol. The number of fused-ring (bicyclic) bond motifs is 1. The highest BCUT2D eigenvalue weighted by atomic mass is 32.1. The van der Waals surface area contributed by atoms with Gasteiger partial charge in [0.2, 0.25) is 5.91 Å². The molecule has 0 aliphatic carbocycles. The van der Waals surface area contributed by atoms with E-state index in [1.165, 1.54) is 24.2 Å². The lowest BCUT2D eigenvalue weighted by Crippen LogP contribution is -2.39. The molecule has 1 saturated heterocycles. The van der Waals surface area contributed by atoms with Crippen LogP contribution in [0.4, 0.5) is 14.5 Å². The Labute approximate surface area is 230 Å². The van der Waals surface area contributed by atoms with E-state index in [4.69, 9.17) is 14.5 Å². The highest BCUT2D eigenvalue weighted by Gasteiger charge is 2.36. The monoisotopic (exact) mass is 563 g/mol. The molecule has 0 spiro atoms. The summed E-state index contributed by atoms with van der Waals surface area (Å²) in [6.45, 7) is 3.65. The van der Waals surface area contributed by atoms with Gasteiger partial charge in [-0.05, 0) is 44.9 Å². The number of carbonyl (C=O) groups excluding carboxylic acids is 2. The molecule has 5 aromatic rings. The normalized spacial score (nSPS) is 15.7. The Morgan fingerprint density at radius 3 is 2.70 bits per heavy atom. The molecule has 0 unspecified atom stereocenters. The smallest absolute Gasteiger partial charge is 0.262 e. The van der Waals surface area contributed by atoms with Gasteiger partial charge in [0.15, 0.2) is 22.4 Å². The van der Waals surface area contributed by atoms with Crippen LogP contribution in [0.3, 0.4) is 0 Å². The number of thiazole rings is 1. The summed E-state index contributed by atoms with van der Waals surface area (Å²) in [4.78, 5) is 41.5. The average Bonchev–Trinajstić information content (AvgIpc) is 3.66. The Morgan fingerprint density at radius 1 is 1.15 bits per heavy atom. The second-order valence-electron chi connectivity index (χ2n) is 9.43. The number of hydrogen-bond acceptors (Lipinski definition) is 8. The van der Waals surface area contributed by atoms with Crippen LogP contribution in [0, 0.1) is 25.5 Å². The minimum Gasteiger partial charge on any atom is -0.361 e. The van der Waals surface area contributed by atoms with Gasteiger partial charge in [-0.15, -0.1) is 0 Å². The number of carbonyl (C=O) groups is 2. The number of piperidine rings is 1. The Hall–Kier alpha value is -4.52. The quantitative estimate of drug-likeness (QED) is 0.318. The summed E-state index contributed by atoms with van der Waals surface area (Å²) < 4.78 is 35.1. The minimum absolute atomic E-state index is 0.224. The maximum atomic E-state index is 14.3. The van der Waals surface area contributed by atoms with E-state index in [0.29, 0.717) is 51.3 Å². The molecule has 0 bridgehead atoms. The van der Waals surface area contributed by atoms with E-state index in [9.17, 15) is 18.4 Å². The molecule has 4 aromatic heterocycles. The number of halogens is 2. The van der Waals surface area contributed by atoms with Crippen LogP contribution < -0.4 is 10.2 Å². The van der Waals surface area contributed by atoms with Crippen molar-refractivity contribution in [2.45, 2.75) is 39.2 Å². The summed E-state index contributed by atoms with van der Waals surface area (Å²) in [5, 5.41) is 7.05. The maximum absolute atomic E-state index is 14.3. The van der Waals surface area contributed by atoms with Crippen LogP contribution in [0.2, 0.25) is 0 Å². The van der Waals surface area contributed by atoms with Gasteiger partial charge in [-0.1, -0.05) is 16.5 Å². The standard InChI is InChI=1S/C27H23F2N7O3S/c1-13-23(14(2)39-34-13)15-9-19-24(31-11-15)36(27-32-12-21(40-27)26(38)30-3)25(33-19)20-5-4-6-22(37)35(20)16-7-8-17(28)18(29)10-16/h7-12,20H,4-6H2,1-3H3,(H,30,38)/t20-/m0/s1. The number of hydrogen-bond donors (Lipinski definition) is 1. The Bertz CT molecular complexity index is 1770. The molecule has 0 saturated carbocycles. The van der Waals surface area contributed by atoms with Crippen LogP contribution in [0.1, 0.15) is 52.3 Å². The van der Waals surface area contributed by atoms with Gasteiger partial charge >= 0.3 is 0 Å². The fraction of sp³-hybridized carbons (Fsp3) is 0.259. The molecule has 1 N–H and O–H groups in total. The SMILES string of the molecule is CNC(=O)c1cnc(-n2c([C@@H]3CCCC(=O)N3c3ccc(F)c(F)c3)nc3cc(-c4c(C)noc4C)cnc32)s1.